The lowest BCUT2D eigenvalue weighted by Gasteiger charge is -2.45. The summed E-state index contributed by atoms with van der Waals surface area (Å²) in [5, 5.41) is 230. The van der Waals surface area contributed by atoms with E-state index in [2.05, 4.69) is 5.32 Å². The number of amides is 1. The number of carboxylic acid groups (broad SMARTS) is 1. The predicted octanol–water partition coefficient (Wildman–Crippen LogP) is -1.07. The molecule has 39 nitrogen and oxygen atoms in total. The second-order valence-electron chi connectivity index (χ2n) is 32.6. The molecule has 7 aliphatic rings. The average molecular weight is 1780 g/mol. The Morgan fingerprint density at radius 3 is 1.77 bits per heavy atom. The fourth-order valence-electron chi connectivity index (χ4n) is 16.1. The molecule has 2 bridgehead atoms. The molecule has 39 heteroatoms. The molecule has 4 fully saturated rings. The van der Waals surface area contributed by atoms with Crippen molar-refractivity contribution in [2.75, 3.05) is 27.4 Å². The number of aliphatic hydroxyl groups excluding tert-OH is 16. The molecule has 0 aromatic heterocycles. The summed E-state index contributed by atoms with van der Waals surface area (Å²) in [5.74, 6) is -13.3. The van der Waals surface area contributed by atoms with Gasteiger partial charge in [0, 0.05) is 65.8 Å². The Balaban J connectivity index is 0.000000286. The number of hydrogen-bond acceptors (Lipinski definition) is 37. The van der Waals surface area contributed by atoms with E-state index in [-0.39, 0.29) is 59.6 Å². The van der Waals surface area contributed by atoms with Crippen molar-refractivity contribution in [1.82, 2.24) is 5.32 Å². The molecule has 0 saturated carbocycles. The third kappa shape index (κ3) is 23.8. The van der Waals surface area contributed by atoms with Gasteiger partial charge in [0.2, 0.25) is 0 Å². The summed E-state index contributed by atoms with van der Waals surface area (Å²) in [6.07, 6.45) is -14.3. The van der Waals surface area contributed by atoms with Crippen molar-refractivity contribution in [3.63, 3.8) is 0 Å². The highest BCUT2D eigenvalue weighted by Gasteiger charge is 2.54. The van der Waals surface area contributed by atoms with Gasteiger partial charge in [0.1, 0.15) is 90.0 Å². The number of allylic oxidation sites excluding steroid dienone is 12. The van der Waals surface area contributed by atoms with Gasteiger partial charge in [-0.15, -0.1) is 0 Å². The van der Waals surface area contributed by atoms with Gasteiger partial charge < -0.3 is 166 Å². The van der Waals surface area contributed by atoms with E-state index < -0.39 is 308 Å². The lowest BCUT2D eigenvalue weighted by atomic mass is 9.74. The first-order valence-corrected chi connectivity index (χ1v) is 41.1. The van der Waals surface area contributed by atoms with E-state index in [4.69, 9.17) is 53.1 Å². The third-order valence-corrected chi connectivity index (χ3v) is 23.3. The maximum absolute atomic E-state index is 14.1. The minimum absolute atomic E-state index is 0.0131. The Morgan fingerprint density at radius 1 is 0.571 bits per heavy atom. The van der Waals surface area contributed by atoms with Crippen LogP contribution in [0.5, 0.6) is 23.0 Å². The third-order valence-electron chi connectivity index (χ3n) is 23.3. The zero-order valence-corrected chi connectivity index (χ0v) is 70.3. The van der Waals surface area contributed by atoms with Crippen LogP contribution in [0.15, 0.2) is 109 Å². The largest absolute Gasteiger partial charge is 0.507 e. The second-order valence-corrected chi connectivity index (χ2v) is 32.6. The van der Waals surface area contributed by atoms with E-state index in [1.54, 1.807) is 75.5 Å². The molecule has 5 aliphatic heterocycles. The fraction of sp³-hybridized carbons (Fsp3) is 0.563. The van der Waals surface area contributed by atoms with Crippen LogP contribution in [0.2, 0.25) is 0 Å². The minimum atomic E-state index is -2.27. The van der Waals surface area contributed by atoms with Gasteiger partial charge in [-0.05, 0) is 75.8 Å². The number of aromatic hydroxyl groups is 3. The van der Waals surface area contributed by atoms with E-state index in [0.29, 0.717) is 0 Å². The number of fused-ring (bicyclic) bond motifs is 7. The molecule has 4 saturated heterocycles. The highest BCUT2D eigenvalue weighted by molar-refractivity contribution is 6.31. The van der Waals surface area contributed by atoms with E-state index in [9.17, 15) is 136 Å². The van der Waals surface area contributed by atoms with Gasteiger partial charge in [0.15, 0.2) is 42.3 Å². The number of ether oxygens (including phenoxy) is 10. The molecule has 1 amide bonds. The standard InChI is InChI=1S/C48H75NO17.C39H41NO20/c1-28-18-16-14-12-10-8-6-7-9-11-13-15-17-19-35(65-47-45(59)42(49)44(58)31(4)64-47)25-39-41(46(60)62-5)38(55)27-48(61,66-39)26-34(52)23-37(54)36(53)21-20-32(50)22-33(51)24-40(56)63-30(3)29(2)43(28)57;1-10-4-16-23(30(49)20(10)36(53)40-17(8-41)37(54)55)22-14(7-15-24(31(22)50)27(46)13-5-12(56-3)6-18(42)21(13)26(15)45)28(47)34(16)59-39-33(52)35(25(44)11(2)58-39)60-38-32(51)29(48)19(43)9-57-38/h6-19,28-39,41-45,47,50-55,57-59,61H,20-27,49H2,1-5H3;4-7,11,17,19,25,28-29,32-35,38-39,41-44,47-52H,8-9H2,1-3H3,(H,40,53)(H,54,55)/t28?,29?,30?,31-,32?,33?,34?,35?,36?,37?,38?,39?,41?,42+,43?,44-,45+,47+,48?;11?,17?,19?,25?,28?,29?,32?,33?,34-,35?,38?,39?/m10/s1. The van der Waals surface area contributed by atoms with Gasteiger partial charge in [0.05, 0.1) is 130 Å². The average Bonchev–Trinajstić information content (AvgIpc) is 0.702. The Kier molecular flexibility index (Phi) is 35.7. The zero-order valence-electron chi connectivity index (χ0n) is 70.3. The number of aliphatic hydroxyl groups is 17. The lowest BCUT2D eigenvalue weighted by Crippen LogP contribution is -2.62. The molecular formula is C87H116N2O37. The number of methoxy groups -OCH3 is 2. The first-order valence-electron chi connectivity index (χ1n) is 41.1. The summed E-state index contributed by atoms with van der Waals surface area (Å²) >= 11 is 0. The summed E-state index contributed by atoms with van der Waals surface area (Å²) < 4.78 is 56.4. The number of carbonyl (C=O) groups excluding carboxylic acids is 5. The highest BCUT2D eigenvalue weighted by atomic mass is 16.7. The molecule has 126 heavy (non-hydrogen) atoms. The van der Waals surface area contributed by atoms with Crippen LogP contribution < -0.4 is 15.8 Å². The summed E-state index contributed by atoms with van der Waals surface area (Å²) in [6, 6.07) is 1.49. The number of rotatable bonds is 12. The maximum atomic E-state index is 14.1. The predicted molar refractivity (Wildman–Crippen MR) is 437 cm³/mol. The molecule has 10 rings (SSSR count). The molecule has 2 aliphatic carbocycles. The van der Waals surface area contributed by atoms with Gasteiger partial charge in [-0.3, -0.25) is 24.0 Å². The minimum Gasteiger partial charge on any atom is -0.507 e. The Hall–Kier alpha value is -8.74. The van der Waals surface area contributed by atoms with Crippen LogP contribution in [0.3, 0.4) is 0 Å². The van der Waals surface area contributed by atoms with Crippen molar-refractivity contribution >= 4 is 35.4 Å². The maximum Gasteiger partial charge on any atom is 0.328 e. The van der Waals surface area contributed by atoms with Crippen LogP contribution in [0.1, 0.15) is 157 Å². The van der Waals surface area contributed by atoms with Crippen LogP contribution >= 0.6 is 0 Å². The molecule has 3 aromatic rings. The van der Waals surface area contributed by atoms with Gasteiger partial charge >= 0.3 is 17.9 Å². The fourth-order valence-corrected chi connectivity index (χ4v) is 16.1. The number of ketones is 2. The summed E-state index contributed by atoms with van der Waals surface area (Å²) in [5.41, 5.74) is 1.93. The molecular weight excluding hydrogens is 1660 g/mol. The van der Waals surface area contributed by atoms with E-state index in [0.717, 1.165) is 25.3 Å². The van der Waals surface area contributed by atoms with E-state index >= 15 is 0 Å². The number of nitrogens with one attached hydrogen (secondary N) is 1. The number of phenolic OH excluding ortho intramolecular Hbond substituents is 3. The number of cyclic esters (lactones) is 1. The summed E-state index contributed by atoms with van der Waals surface area (Å²) in [4.78, 5) is 79.0. The van der Waals surface area contributed by atoms with Crippen molar-refractivity contribution in [1.29, 1.82) is 0 Å². The zero-order chi connectivity index (χ0) is 92.9. The Morgan fingerprint density at radius 2 is 1.16 bits per heavy atom. The lowest BCUT2D eigenvalue weighted by molar-refractivity contribution is -0.353. The normalized spacial score (nSPS) is 36.1. The van der Waals surface area contributed by atoms with Crippen molar-refractivity contribution in [3.8, 4) is 34.1 Å². The molecule has 25 unspecified atom stereocenters. The molecule has 3 aromatic carbocycles. The molecule has 5 heterocycles. The Labute approximate surface area is 724 Å². The number of aliphatic carboxylic acids is 1. The topological polar surface area (TPSA) is 658 Å². The van der Waals surface area contributed by atoms with Crippen LogP contribution in [-0.2, 0) is 57.0 Å². The Bertz CT molecular complexity index is 4510. The van der Waals surface area contributed by atoms with Gasteiger partial charge in [-0.2, -0.15) is 0 Å². The molecule has 24 N–H and O–H groups in total. The van der Waals surface area contributed by atoms with Crippen LogP contribution in [0.4, 0.5) is 0 Å². The summed E-state index contributed by atoms with van der Waals surface area (Å²) in [6.45, 7) is 7.91. The quantitative estimate of drug-likeness (QED) is 0.0751. The van der Waals surface area contributed by atoms with Gasteiger partial charge in [-0.1, -0.05) is 105 Å². The molecule has 31 atom stereocenters. The first kappa shape index (κ1) is 101. The highest BCUT2D eigenvalue weighted by Crippen LogP contribution is 2.57. The first-order chi connectivity index (χ1) is 59.5. The molecule has 696 valence electrons. The molecule has 0 spiro atoms. The molecule has 0 radical (unpaired) electrons. The SMILES string of the molecule is COC(=O)C1C(O)CC2(O)CC(O)CC(O)C(O)CCC(O)CC(O)CC(=O)OC(C)C(C)C(O)C(C)C=CC=CC=CC=CC=CC=CC=CC(O[C@@H]3O[C@H](C)[C@@H](O)[C@H](N)[C@@H]3O)CC1O2.COc1cc(O)c2c(c1)C(=O)c1c(cc3c(c1O)-c1c(cc(C)c(C(=O)NC(CO)C(=O)O)c1O)[C@H](OC1OC(C)C(O)C(OC4OCC(O)C(O)C4O)C1O)C3O)C2=O. The number of aryl methyl sites for hydroxylation is 1. The van der Waals surface area contributed by atoms with Crippen molar-refractivity contribution < 1.29 is 183 Å². The van der Waals surface area contributed by atoms with E-state index in [1.807, 2.05) is 37.3 Å². The van der Waals surface area contributed by atoms with Crippen LogP contribution in [0, 0.1) is 24.7 Å². The monoisotopic (exact) mass is 1780 g/mol. The number of carboxylic acids is 1. The number of phenols is 3. The van der Waals surface area contributed by atoms with Crippen LogP contribution in [0.25, 0.3) is 11.1 Å². The smallest absolute Gasteiger partial charge is 0.328 e. The number of nitrogens with two attached hydrogens (primary N) is 1. The van der Waals surface area contributed by atoms with Crippen molar-refractivity contribution in [3.05, 3.63) is 154 Å². The second kappa shape index (κ2) is 44.5. The summed E-state index contributed by atoms with van der Waals surface area (Å²) in [7, 11) is 2.36. The van der Waals surface area contributed by atoms with Crippen molar-refractivity contribution in [2.45, 2.75) is 264 Å². The van der Waals surface area contributed by atoms with Crippen LogP contribution in [-0.4, -0.2) is 329 Å². The number of hydrogen-bond donors (Lipinski definition) is 23. The van der Waals surface area contributed by atoms with Gasteiger partial charge in [0.25, 0.3) is 5.91 Å². The van der Waals surface area contributed by atoms with Gasteiger partial charge in [-0.25, -0.2) is 4.79 Å². The van der Waals surface area contributed by atoms with Crippen molar-refractivity contribution in [2.24, 2.45) is 23.5 Å². The number of esters is 2. The number of benzene rings is 3. The van der Waals surface area contributed by atoms with E-state index in [1.165, 1.54) is 27.0 Å². The number of carbonyl (C=O) groups is 6.